The first-order valence-electron chi connectivity index (χ1n) is 10.2. The molecule has 2 aliphatic rings. The van der Waals surface area contributed by atoms with Crippen molar-refractivity contribution in [3.63, 3.8) is 0 Å². The van der Waals surface area contributed by atoms with E-state index >= 15 is 0 Å². The third kappa shape index (κ3) is 3.33. The average Bonchev–Trinajstić information content (AvgIpc) is 3.38. The van der Waals surface area contributed by atoms with Crippen LogP contribution in [0.1, 0.15) is 31.0 Å². The normalized spacial score (nSPS) is 20.8. The number of piperidine rings is 1. The van der Waals surface area contributed by atoms with Crippen molar-refractivity contribution < 1.29 is 9.47 Å². The maximum Gasteiger partial charge on any atom is 0.132 e. The summed E-state index contributed by atoms with van der Waals surface area (Å²) in [5.41, 5.74) is 2.24. The number of aryl methyl sites for hydroxylation is 1. The van der Waals surface area contributed by atoms with Gasteiger partial charge in [0.2, 0.25) is 0 Å². The minimum Gasteiger partial charge on any atom is -0.490 e. The van der Waals surface area contributed by atoms with Gasteiger partial charge in [0.15, 0.2) is 0 Å². The van der Waals surface area contributed by atoms with Gasteiger partial charge >= 0.3 is 0 Å². The Labute approximate surface area is 165 Å². The van der Waals surface area contributed by atoms with Crippen molar-refractivity contribution in [2.24, 2.45) is 0 Å². The van der Waals surface area contributed by atoms with E-state index in [1.54, 1.807) is 6.33 Å². The molecule has 1 aromatic carbocycles. The van der Waals surface area contributed by atoms with Crippen LogP contribution < -0.4 is 9.64 Å². The molecule has 0 saturated carbocycles. The molecule has 0 spiro atoms. The van der Waals surface area contributed by atoms with Crippen molar-refractivity contribution >= 4 is 16.7 Å². The lowest BCUT2D eigenvalue weighted by molar-refractivity contribution is 0.173. The lowest BCUT2D eigenvalue weighted by Crippen LogP contribution is -2.38. The van der Waals surface area contributed by atoms with Crippen molar-refractivity contribution in [3.8, 4) is 5.75 Å². The average molecular weight is 378 g/mol. The number of fused-ring (bicyclic) bond motifs is 1. The first-order chi connectivity index (χ1) is 13.8. The van der Waals surface area contributed by atoms with E-state index in [4.69, 9.17) is 9.47 Å². The van der Waals surface area contributed by atoms with Gasteiger partial charge in [-0.3, -0.25) is 0 Å². The molecule has 2 fully saturated rings. The van der Waals surface area contributed by atoms with Crippen molar-refractivity contribution in [1.82, 2.24) is 14.5 Å². The van der Waals surface area contributed by atoms with Gasteiger partial charge in [-0.2, -0.15) is 0 Å². The molecule has 1 atom stereocenters. The summed E-state index contributed by atoms with van der Waals surface area (Å²) in [5, 5.41) is 1.20. The van der Waals surface area contributed by atoms with E-state index < -0.39 is 0 Å². The standard InChI is InChI=1S/C22H26N4O2/c1-16-13-22(24-15-23-16)25-9-5-18(6-10-25)28-21-4-2-3-20-19(21)7-11-26(20)17-8-12-27-14-17/h2-4,7,11,13,15,17-18H,5-6,8-10,12,14H2,1H3. The second-order valence-corrected chi connectivity index (χ2v) is 7.75. The maximum atomic E-state index is 6.45. The summed E-state index contributed by atoms with van der Waals surface area (Å²) in [4.78, 5) is 10.9. The third-order valence-electron chi connectivity index (χ3n) is 5.87. The number of hydrogen-bond donors (Lipinski definition) is 0. The van der Waals surface area contributed by atoms with Crippen molar-refractivity contribution in [3.05, 3.63) is 48.5 Å². The van der Waals surface area contributed by atoms with Crippen molar-refractivity contribution in [2.45, 2.75) is 38.3 Å². The second-order valence-electron chi connectivity index (χ2n) is 7.75. The largest absolute Gasteiger partial charge is 0.490 e. The maximum absolute atomic E-state index is 6.45. The first kappa shape index (κ1) is 17.5. The number of benzene rings is 1. The molecule has 0 bridgehead atoms. The molecule has 146 valence electrons. The number of anilines is 1. The summed E-state index contributed by atoms with van der Waals surface area (Å²) >= 11 is 0. The molecular weight excluding hydrogens is 352 g/mol. The third-order valence-corrected chi connectivity index (χ3v) is 5.87. The fraction of sp³-hybridized carbons (Fsp3) is 0.455. The number of ether oxygens (including phenoxy) is 2. The van der Waals surface area contributed by atoms with Crippen LogP contribution in [0.2, 0.25) is 0 Å². The summed E-state index contributed by atoms with van der Waals surface area (Å²) < 4.78 is 14.4. The summed E-state index contributed by atoms with van der Waals surface area (Å²) in [6.07, 6.45) is 7.14. The molecule has 0 aliphatic carbocycles. The van der Waals surface area contributed by atoms with Crippen LogP contribution in [-0.4, -0.2) is 46.9 Å². The molecule has 1 unspecified atom stereocenters. The summed E-state index contributed by atoms with van der Waals surface area (Å²) in [6, 6.07) is 11.0. The fourth-order valence-corrected chi connectivity index (χ4v) is 4.32. The molecule has 3 aromatic rings. The summed E-state index contributed by atoms with van der Waals surface area (Å²) in [5.74, 6) is 2.01. The van der Waals surface area contributed by atoms with Crippen LogP contribution >= 0.6 is 0 Å². The van der Waals surface area contributed by atoms with Gasteiger partial charge in [-0.15, -0.1) is 0 Å². The second kappa shape index (κ2) is 7.43. The van der Waals surface area contributed by atoms with Crippen LogP contribution in [-0.2, 0) is 4.74 Å². The first-order valence-corrected chi connectivity index (χ1v) is 10.2. The van der Waals surface area contributed by atoms with Crippen LogP contribution in [0.3, 0.4) is 0 Å². The summed E-state index contributed by atoms with van der Waals surface area (Å²) in [7, 11) is 0. The molecule has 0 radical (unpaired) electrons. The zero-order chi connectivity index (χ0) is 18.9. The van der Waals surface area contributed by atoms with E-state index in [9.17, 15) is 0 Å². The minimum absolute atomic E-state index is 0.239. The Balaban J connectivity index is 1.29. The molecule has 2 aromatic heterocycles. The van der Waals surface area contributed by atoms with Gasteiger partial charge in [0.05, 0.1) is 18.2 Å². The Morgan fingerprint density at radius 2 is 2.00 bits per heavy atom. The van der Waals surface area contributed by atoms with E-state index in [-0.39, 0.29) is 6.10 Å². The van der Waals surface area contributed by atoms with Crippen LogP contribution in [0.15, 0.2) is 42.9 Å². The molecule has 2 aliphatic heterocycles. The lowest BCUT2D eigenvalue weighted by Gasteiger charge is -2.33. The van der Waals surface area contributed by atoms with E-state index in [1.807, 2.05) is 6.92 Å². The highest BCUT2D eigenvalue weighted by molar-refractivity contribution is 5.86. The van der Waals surface area contributed by atoms with Crippen molar-refractivity contribution in [2.75, 3.05) is 31.2 Å². The predicted octanol–water partition coefficient (Wildman–Crippen LogP) is 3.75. The number of rotatable bonds is 4. The molecule has 28 heavy (non-hydrogen) atoms. The molecule has 6 nitrogen and oxygen atoms in total. The highest BCUT2D eigenvalue weighted by atomic mass is 16.5. The van der Waals surface area contributed by atoms with Crippen LogP contribution in [0, 0.1) is 6.92 Å². The van der Waals surface area contributed by atoms with Gasteiger partial charge in [-0.05, 0) is 31.5 Å². The molecule has 4 heterocycles. The van der Waals surface area contributed by atoms with Crippen LogP contribution in [0.25, 0.3) is 10.9 Å². The fourth-order valence-electron chi connectivity index (χ4n) is 4.32. The molecule has 5 rings (SSSR count). The smallest absolute Gasteiger partial charge is 0.132 e. The molecule has 0 amide bonds. The Morgan fingerprint density at radius 1 is 1.11 bits per heavy atom. The minimum atomic E-state index is 0.239. The van der Waals surface area contributed by atoms with Gasteiger partial charge < -0.3 is 18.9 Å². The number of hydrogen-bond acceptors (Lipinski definition) is 5. The van der Waals surface area contributed by atoms with E-state index in [2.05, 4.69) is 56.0 Å². The highest BCUT2D eigenvalue weighted by Gasteiger charge is 2.23. The van der Waals surface area contributed by atoms with Crippen LogP contribution in [0.4, 0.5) is 5.82 Å². The Morgan fingerprint density at radius 3 is 2.79 bits per heavy atom. The lowest BCUT2D eigenvalue weighted by atomic mass is 10.1. The van der Waals surface area contributed by atoms with Gasteiger partial charge in [0, 0.05) is 55.9 Å². The molecule has 2 saturated heterocycles. The Kier molecular flexibility index (Phi) is 4.64. The molecule has 0 N–H and O–H groups in total. The molecular formula is C22H26N4O2. The monoisotopic (exact) mass is 378 g/mol. The summed E-state index contributed by atoms with van der Waals surface area (Å²) in [6.45, 7) is 5.57. The zero-order valence-corrected chi connectivity index (χ0v) is 16.3. The highest BCUT2D eigenvalue weighted by Crippen LogP contribution is 2.32. The van der Waals surface area contributed by atoms with E-state index in [0.717, 1.165) is 62.8 Å². The van der Waals surface area contributed by atoms with Crippen molar-refractivity contribution in [1.29, 1.82) is 0 Å². The Hall–Kier alpha value is -2.60. The topological polar surface area (TPSA) is 52.4 Å². The van der Waals surface area contributed by atoms with Crippen LogP contribution in [0.5, 0.6) is 5.75 Å². The number of nitrogens with zero attached hydrogens (tertiary/aromatic N) is 4. The van der Waals surface area contributed by atoms with Gasteiger partial charge in [-0.1, -0.05) is 6.07 Å². The Bertz CT molecular complexity index is 956. The van der Waals surface area contributed by atoms with E-state index in [0.29, 0.717) is 6.04 Å². The number of aromatic nitrogens is 3. The van der Waals surface area contributed by atoms with Gasteiger partial charge in [-0.25, -0.2) is 9.97 Å². The predicted molar refractivity (Wildman–Crippen MR) is 109 cm³/mol. The van der Waals surface area contributed by atoms with Gasteiger partial charge in [0.1, 0.15) is 24.0 Å². The van der Waals surface area contributed by atoms with Gasteiger partial charge in [0.25, 0.3) is 0 Å². The quantitative estimate of drug-likeness (QED) is 0.692. The SMILES string of the molecule is Cc1cc(N2CCC(Oc3cccc4c3ccn4C3CCOC3)CC2)ncn1. The van der Waals surface area contributed by atoms with E-state index in [1.165, 1.54) is 10.9 Å². The zero-order valence-electron chi connectivity index (χ0n) is 16.3. The molecule has 6 heteroatoms.